The average Bonchev–Trinajstić information content (AvgIpc) is 3.27. The number of carbonyl (C=O) groups excluding carboxylic acids is 2. The van der Waals surface area contributed by atoms with E-state index in [1.54, 1.807) is 6.20 Å². The molecule has 0 radical (unpaired) electrons. The van der Waals surface area contributed by atoms with Gasteiger partial charge in [-0.15, -0.1) is 0 Å². The molecule has 9 nitrogen and oxygen atoms in total. The van der Waals surface area contributed by atoms with Crippen molar-refractivity contribution in [3.05, 3.63) is 53.5 Å². The number of hydrogen-bond acceptors (Lipinski definition) is 9. The third kappa shape index (κ3) is 6.13. The molecule has 3 N–H and O–H groups in total. The number of rotatable bonds is 9. The molecule has 0 bridgehead atoms. The maximum Gasteiger partial charge on any atom is 0.271 e. The van der Waals surface area contributed by atoms with Crippen LogP contribution in [-0.2, 0) is 0 Å². The lowest BCUT2D eigenvalue weighted by molar-refractivity contribution is 0.0969. The maximum absolute atomic E-state index is 12.6. The van der Waals surface area contributed by atoms with E-state index in [1.807, 2.05) is 56.3 Å². The molecule has 1 amide bonds. The number of benzene rings is 1. The van der Waals surface area contributed by atoms with Gasteiger partial charge in [0, 0.05) is 44.9 Å². The summed E-state index contributed by atoms with van der Waals surface area (Å²) in [6, 6.07) is 9.67. The minimum atomic E-state index is -0.632. The van der Waals surface area contributed by atoms with Gasteiger partial charge in [0.25, 0.3) is 5.91 Å². The quantitative estimate of drug-likeness (QED) is 0.429. The molecular formula is C25H31N7O2S. The number of aromatic nitrogens is 3. The number of piperidine rings is 1. The highest BCUT2D eigenvalue weighted by molar-refractivity contribution is 7.10. The summed E-state index contributed by atoms with van der Waals surface area (Å²) in [5, 5.41) is 3.91. The van der Waals surface area contributed by atoms with E-state index in [0.717, 1.165) is 54.3 Å². The highest BCUT2D eigenvalue weighted by Crippen LogP contribution is 2.28. The van der Waals surface area contributed by atoms with Crippen LogP contribution in [0, 0.1) is 12.8 Å². The lowest BCUT2D eigenvalue weighted by atomic mass is 9.90. The standard InChI is InChI=1S/C25H31N7O2S/c1-16-14-22(35-30-16)29-25-23(24(26)34)27-15-21(28-25)32-12-10-17(11-13-32)4-9-20(33)18-5-7-19(8-6-18)31(2)3/h5-8,14-15,17H,4,9-13H2,1-3H3,(H2,26,34)(H,28,29). The smallest absolute Gasteiger partial charge is 0.271 e. The molecule has 1 fully saturated rings. The number of nitrogens with one attached hydrogen (secondary N) is 1. The monoisotopic (exact) mass is 493 g/mol. The van der Waals surface area contributed by atoms with Crippen molar-refractivity contribution in [2.45, 2.75) is 32.6 Å². The lowest BCUT2D eigenvalue weighted by Crippen LogP contribution is -2.34. The molecule has 1 aromatic carbocycles. The fraction of sp³-hybridized carbons (Fsp3) is 0.400. The number of ketones is 1. The molecule has 0 spiro atoms. The Labute approximate surface area is 209 Å². The Morgan fingerprint density at radius 3 is 2.51 bits per heavy atom. The molecule has 4 rings (SSSR count). The molecule has 0 saturated carbocycles. The van der Waals surface area contributed by atoms with Crippen LogP contribution in [0.3, 0.4) is 0 Å². The van der Waals surface area contributed by atoms with Crippen molar-refractivity contribution in [3.8, 4) is 0 Å². The van der Waals surface area contributed by atoms with E-state index >= 15 is 0 Å². The number of hydrogen-bond donors (Lipinski definition) is 2. The summed E-state index contributed by atoms with van der Waals surface area (Å²) in [7, 11) is 3.97. The van der Waals surface area contributed by atoms with Crippen molar-refractivity contribution in [1.29, 1.82) is 0 Å². The van der Waals surface area contributed by atoms with Crippen LogP contribution in [0.2, 0.25) is 0 Å². The molecule has 1 saturated heterocycles. The molecule has 0 atom stereocenters. The zero-order chi connectivity index (χ0) is 24.9. The minimum Gasteiger partial charge on any atom is -0.378 e. The van der Waals surface area contributed by atoms with E-state index in [-0.39, 0.29) is 11.5 Å². The van der Waals surface area contributed by atoms with E-state index in [4.69, 9.17) is 5.73 Å². The van der Waals surface area contributed by atoms with Crippen LogP contribution in [0.5, 0.6) is 0 Å². The second-order valence-electron chi connectivity index (χ2n) is 9.08. The van der Waals surface area contributed by atoms with Gasteiger partial charge in [-0.25, -0.2) is 9.97 Å². The molecular weight excluding hydrogens is 462 g/mol. The number of nitrogens with two attached hydrogens (primary N) is 1. The fourth-order valence-electron chi connectivity index (χ4n) is 4.21. The van der Waals surface area contributed by atoms with Gasteiger partial charge in [0.15, 0.2) is 17.3 Å². The van der Waals surface area contributed by atoms with Crippen LogP contribution in [0.4, 0.5) is 22.3 Å². The zero-order valence-electron chi connectivity index (χ0n) is 20.3. The molecule has 0 aliphatic carbocycles. The van der Waals surface area contributed by atoms with Crippen LogP contribution >= 0.6 is 11.5 Å². The van der Waals surface area contributed by atoms with Crippen LogP contribution in [0.25, 0.3) is 0 Å². The van der Waals surface area contributed by atoms with Gasteiger partial charge >= 0.3 is 0 Å². The lowest BCUT2D eigenvalue weighted by Gasteiger charge is -2.32. The second-order valence-corrected chi connectivity index (χ2v) is 9.89. The summed E-state index contributed by atoms with van der Waals surface area (Å²) in [6.07, 6.45) is 4.99. The molecule has 1 aliphatic heterocycles. The van der Waals surface area contributed by atoms with Crippen molar-refractivity contribution < 1.29 is 9.59 Å². The molecule has 3 aromatic rings. The number of aryl methyl sites for hydroxylation is 1. The van der Waals surface area contributed by atoms with E-state index < -0.39 is 5.91 Å². The highest BCUT2D eigenvalue weighted by atomic mass is 32.1. The third-order valence-electron chi connectivity index (χ3n) is 6.29. The van der Waals surface area contributed by atoms with Gasteiger partial charge < -0.3 is 20.9 Å². The Balaban J connectivity index is 1.33. The Bertz CT molecular complexity index is 1180. The largest absolute Gasteiger partial charge is 0.378 e. The zero-order valence-corrected chi connectivity index (χ0v) is 21.1. The third-order valence-corrected chi connectivity index (χ3v) is 7.08. The van der Waals surface area contributed by atoms with E-state index in [9.17, 15) is 9.59 Å². The van der Waals surface area contributed by atoms with Crippen molar-refractivity contribution in [1.82, 2.24) is 14.3 Å². The summed E-state index contributed by atoms with van der Waals surface area (Å²) < 4.78 is 4.25. The first-order valence-corrected chi connectivity index (χ1v) is 12.5. The SMILES string of the molecule is Cc1cc(Nc2nc(N3CCC(CCC(=O)c4ccc(N(C)C)cc4)CC3)cnc2C(N)=O)sn1. The summed E-state index contributed by atoms with van der Waals surface area (Å²) >= 11 is 1.29. The first kappa shape index (κ1) is 24.6. The molecule has 3 heterocycles. The van der Waals surface area contributed by atoms with E-state index in [1.165, 1.54) is 11.5 Å². The Hall–Kier alpha value is -3.53. The van der Waals surface area contributed by atoms with E-state index in [0.29, 0.717) is 24.0 Å². The van der Waals surface area contributed by atoms with Gasteiger partial charge in [0.05, 0.1) is 11.9 Å². The summed E-state index contributed by atoms with van der Waals surface area (Å²) in [5.41, 5.74) is 8.35. The molecule has 1 aliphatic rings. The second kappa shape index (κ2) is 10.8. The predicted molar refractivity (Wildman–Crippen MR) is 140 cm³/mol. The fourth-order valence-corrected chi connectivity index (χ4v) is 4.88. The summed E-state index contributed by atoms with van der Waals surface area (Å²) in [4.78, 5) is 37.6. The summed E-state index contributed by atoms with van der Waals surface area (Å²) in [6.45, 7) is 3.54. The van der Waals surface area contributed by atoms with Crippen LogP contribution in [-0.4, -0.2) is 53.2 Å². The first-order chi connectivity index (χ1) is 16.8. The van der Waals surface area contributed by atoms with Crippen molar-refractivity contribution in [2.75, 3.05) is 42.3 Å². The first-order valence-electron chi connectivity index (χ1n) is 11.7. The van der Waals surface area contributed by atoms with Crippen molar-refractivity contribution in [2.24, 2.45) is 11.7 Å². The predicted octanol–water partition coefficient (Wildman–Crippen LogP) is 4.03. The molecule has 184 valence electrons. The minimum absolute atomic E-state index is 0.104. The molecule has 10 heteroatoms. The van der Waals surface area contributed by atoms with Gasteiger partial charge in [-0.1, -0.05) is 0 Å². The number of nitrogens with zero attached hydrogens (tertiary/aromatic N) is 5. The number of Topliss-reactive ketones (excluding diaryl/α,β-unsaturated/α-hetero) is 1. The normalized spacial score (nSPS) is 14.1. The Morgan fingerprint density at radius 2 is 1.91 bits per heavy atom. The number of carbonyl (C=O) groups is 2. The van der Waals surface area contributed by atoms with Gasteiger partial charge in [-0.05, 0) is 74.0 Å². The molecule has 35 heavy (non-hydrogen) atoms. The highest BCUT2D eigenvalue weighted by Gasteiger charge is 2.23. The Morgan fingerprint density at radius 1 is 1.20 bits per heavy atom. The van der Waals surface area contributed by atoms with Crippen LogP contribution < -0.4 is 20.9 Å². The van der Waals surface area contributed by atoms with Crippen molar-refractivity contribution in [3.63, 3.8) is 0 Å². The summed E-state index contributed by atoms with van der Waals surface area (Å²) in [5.74, 6) is 1.10. The van der Waals surface area contributed by atoms with Crippen LogP contribution in [0.1, 0.15) is 52.2 Å². The van der Waals surface area contributed by atoms with Gasteiger partial charge in [0.1, 0.15) is 10.8 Å². The Kier molecular flexibility index (Phi) is 7.60. The van der Waals surface area contributed by atoms with Gasteiger partial charge in [-0.3, -0.25) is 9.59 Å². The van der Waals surface area contributed by atoms with Crippen molar-refractivity contribution >= 4 is 45.5 Å². The number of primary amides is 1. The van der Waals surface area contributed by atoms with Gasteiger partial charge in [0.2, 0.25) is 0 Å². The number of anilines is 4. The molecule has 0 unspecified atom stereocenters. The topological polar surface area (TPSA) is 117 Å². The average molecular weight is 494 g/mol. The van der Waals surface area contributed by atoms with Crippen LogP contribution in [0.15, 0.2) is 36.5 Å². The maximum atomic E-state index is 12.6. The van der Waals surface area contributed by atoms with Gasteiger partial charge in [-0.2, -0.15) is 4.37 Å². The van der Waals surface area contributed by atoms with E-state index in [2.05, 4.69) is 24.6 Å². The molecule has 2 aromatic heterocycles. The number of amides is 1.